The molecule has 0 spiro atoms. The smallest absolute Gasteiger partial charge is 0.222 e. The molecular formula is C10H17N5O. The summed E-state index contributed by atoms with van der Waals surface area (Å²) in [5.74, 6) is 1.76. The highest BCUT2D eigenvalue weighted by atomic mass is 16.5. The van der Waals surface area contributed by atoms with E-state index in [2.05, 4.69) is 26.8 Å². The van der Waals surface area contributed by atoms with E-state index in [1.54, 1.807) is 13.3 Å². The summed E-state index contributed by atoms with van der Waals surface area (Å²) < 4.78 is 5.24. The second-order valence-electron chi connectivity index (χ2n) is 3.91. The Balaban J connectivity index is 2.21. The molecule has 0 saturated carbocycles. The molecular weight excluding hydrogens is 206 g/mol. The summed E-state index contributed by atoms with van der Waals surface area (Å²) in [4.78, 5) is 12.6. The minimum atomic E-state index is 0.287. The standard InChI is InChI=1S/C10H17N5O/c1-14-3-5-15(6-4-14)9-8(16-2)7-12-10(11)13-9/h7H,3-6H2,1-2H3,(H2,11,12,13). The molecule has 2 rings (SSSR count). The Morgan fingerprint density at radius 1 is 1.31 bits per heavy atom. The Morgan fingerprint density at radius 2 is 2.00 bits per heavy atom. The Morgan fingerprint density at radius 3 is 2.62 bits per heavy atom. The summed E-state index contributed by atoms with van der Waals surface area (Å²) >= 11 is 0. The Bertz CT molecular complexity index is 362. The van der Waals surface area contributed by atoms with Crippen molar-refractivity contribution in [1.82, 2.24) is 14.9 Å². The maximum atomic E-state index is 5.60. The first kappa shape index (κ1) is 10.9. The third kappa shape index (κ3) is 2.16. The average Bonchev–Trinajstić information content (AvgIpc) is 2.30. The average molecular weight is 223 g/mol. The molecule has 1 aromatic rings. The Kier molecular flexibility index (Phi) is 3.09. The van der Waals surface area contributed by atoms with Gasteiger partial charge in [0.1, 0.15) is 0 Å². The summed E-state index contributed by atoms with van der Waals surface area (Å²) in [7, 11) is 3.73. The number of nitrogen functional groups attached to an aromatic ring is 1. The van der Waals surface area contributed by atoms with Gasteiger partial charge >= 0.3 is 0 Å². The second-order valence-corrected chi connectivity index (χ2v) is 3.91. The van der Waals surface area contributed by atoms with Crippen LogP contribution in [0, 0.1) is 0 Å². The number of ether oxygens (including phenoxy) is 1. The van der Waals surface area contributed by atoms with Gasteiger partial charge in [0.05, 0.1) is 13.3 Å². The summed E-state index contributed by atoms with van der Waals surface area (Å²) in [6.07, 6.45) is 1.62. The molecule has 1 fully saturated rings. The second kappa shape index (κ2) is 4.52. The Hall–Kier alpha value is -1.56. The lowest BCUT2D eigenvalue weighted by Gasteiger charge is -2.33. The van der Waals surface area contributed by atoms with Crippen LogP contribution in [0.15, 0.2) is 6.20 Å². The van der Waals surface area contributed by atoms with Gasteiger partial charge in [0.25, 0.3) is 0 Å². The SMILES string of the molecule is COc1cnc(N)nc1N1CCN(C)CC1. The number of hydrogen-bond donors (Lipinski definition) is 1. The highest BCUT2D eigenvalue weighted by molar-refractivity contribution is 5.53. The quantitative estimate of drug-likeness (QED) is 0.750. The van der Waals surface area contributed by atoms with Gasteiger partial charge in [0.15, 0.2) is 11.6 Å². The normalized spacial score (nSPS) is 17.5. The van der Waals surface area contributed by atoms with Gasteiger partial charge in [-0.1, -0.05) is 0 Å². The van der Waals surface area contributed by atoms with E-state index in [1.807, 2.05) is 0 Å². The highest BCUT2D eigenvalue weighted by Crippen LogP contribution is 2.25. The van der Waals surface area contributed by atoms with E-state index in [4.69, 9.17) is 10.5 Å². The van der Waals surface area contributed by atoms with Gasteiger partial charge in [-0.15, -0.1) is 0 Å². The predicted octanol–water partition coefficient (Wildman–Crippen LogP) is -0.181. The van der Waals surface area contributed by atoms with Crippen LogP contribution in [0.4, 0.5) is 11.8 Å². The summed E-state index contributed by atoms with van der Waals surface area (Å²) in [5, 5.41) is 0. The minimum absolute atomic E-state index is 0.287. The molecule has 1 saturated heterocycles. The van der Waals surface area contributed by atoms with Crippen molar-refractivity contribution in [2.75, 3.05) is 51.0 Å². The van der Waals surface area contributed by atoms with Gasteiger partial charge in [0, 0.05) is 26.2 Å². The summed E-state index contributed by atoms with van der Waals surface area (Å²) in [5.41, 5.74) is 5.60. The highest BCUT2D eigenvalue weighted by Gasteiger charge is 2.19. The fourth-order valence-corrected chi connectivity index (χ4v) is 1.76. The van der Waals surface area contributed by atoms with E-state index < -0.39 is 0 Å². The van der Waals surface area contributed by atoms with Crippen LogP contribution >= 0.6 is 0 Å². The zero-order chi connectivity index (χ0) is 11.5. The number of nitrogens with two attached hydrogens (primary N) is 1. The van der Waals surface area contributed by atoms with Crippen LogP contribution in [-0.4, -0.2) is 55.2 Å². The van der Waals surface area contributed by atoms with Crippen LogP contribution in [0.1, 0.15) is 0 Å². The fourth-order valence-electron chi connectivity index (χ4n) is 1.76. The van der Waals surface area contributed by atoms with Gasteiger partial charge in [0.2, 0.25) is 5.95 Å². The van der Waals surface area contributed by atoms with Crippen molar-refractivity contribution < 1.29 is 4.74 Å². The van der Waals surface area contributed by atoms with Crippen molar-refractivity contribution >= 4 is 11.8 Å². The van der Waals surface area contributed by atoms with Crippen LogP contribution in [0.2, 0.25) is 0 Å². The van der Waals surface area contributed by atoms with Crippen molar-refractivity contribution in [2.24, 2.45) is 0 Å². The fraction of sp³-hybridized carbons (Fsp3) is 0.600. The molecule has 0 radical (unpaired) electrons. The molecule has 6 nitrogen and oxygen atoms in total. The largest absolute Gasteiger partial charge is 0.491 e. The number of anilines is 2. The van der Waals surface area contributed by atoms with Crippen molar-refractivity contribution in [3.8, 4) is 5.75 Å². The first-order valence-electron chi connectivity index (χ1n) is 5.30. The summed E-state index contributed by atoms with van der Waals surface area (Å²) in [6, 6.07) is 0. The molecule has 0 unspecified atom stereocenters. The Labute approximate surface area is 95.0 Å². The number of nitrogens with zero attached hydrogens (tertiary/aromatic N) is 4. The molecule has 2 heterocycles. The van der Waals surface area contributed by atoms with Gasteiger partial charge in [-0.25, -0.2) is 4.98 Å². The number of hydrogen-bond acceptors (Lipinski definition) is 6. The lowest BCUT2D eigenvalue weighted by atomic mass is 10.3. The van der Waals surface area contributed by atoms with Crippen LogP contribution < -0.4 is 15.4 Å². The zero-order valence-corrected chi connectivity index (χ0v) is 9.68. The molecule has 6 heteroatoms. The van der Waals surface area contributed by atoms with Gasteiger partial charge in [-0.2, -0.15) is 4.98 Å². The predicted molar refractivity (Wildman–Crippen MR) is 62.7 cm³/mol. The third-order valence-electron chi connectivity index (χ3n) is 2.78. The molecule has 1 aliphatic heterocycles. The first-order valence-corrected chi connectivity index (χ1v) is 5.30. The van der Waals surface area contributed by atoms with Crippen molar-refractivity contribution in [1.29, 1.82) is 0 Å². The van der Waals surface area contributed by atoms with E-state index in [9.17, 15) is 0 Å². The van der Waals surface area contributed by atoms with Crippen LogP contribution in [-0.2, 0) is 0 Å². The molecule has 1 aromatic heterocycles. The topological polar surface area (TPSA) is 67.5 Å². The van der Waals surface area contributed by atoms with Crippen molar-refractivity contribution in [3.63, 3.8) is 0 Å². The molecule has 2 N–H and O–H groups in total. The van der Waals surface area contributed by atoms with E-state index in [-0.39, 0.29) is 5.95 Å². The third-order valence-corrected chi connectivity index (χ3v) is 2.78. The molecule has 1 aliphatic rings. The lowest BCUT2D eigenvalue weighted by molar-refractivity contribution is 0.310. The van der Waals surface area contributed by atoms with Crippen LogP contribution in [0.25, 0.3) is 0 Å². The number of aromatic nitrogens is 2. The molecule has 0 bridgehead atoms. The van der Waals surface area contributed by atoms with Crippen molar-refractivity contribution in [2.45, 2.75) is 0 Å². The number of likely N-dealkylation sites (N-methyl/N-ethyl adjacent to an activating group) is 1. The van der Waals surface area contributed by atoms with Crippen molar-refractivity contribution in [3.05, 3.63) is 6.20 Å². The maximum absolute atomic E-state index is 5.60. The van der Waals surface area contributed by atoms with Crippen LogP contribution in [0.3, 0.4) is 0 Å². The number of piperazine rings is 1. The molecule has 16 heavy (non-hydrogen) atoms. The molecule has 88 valence electrons. The number of methoxy groups -OCH3 is 1. The molecule has 0 atom stereocenters. The van der Waals surface area contributed by atoms with Gasteiger partial charge < -0.3 is 20.3 Å². The zero-order valence-electron chi connectivity index (χ0n) is 9.68. The molecule has 0 aliphatic carbocycles. The van der Waals surface area contributed by atoms with E-state index >= 15 is 0 Å². The first-order chi connectivity index (χ1) is 7.70. The van der Waals surface area contributed by atoms with Gasteiger partial charge in [-0.05, 0) is 7.05 Å². The monoisotopic (exact) mass is 223 g/mol. The van der Waals surface area contributed by atoms with E-state index in [0.29, 0.717) is 5.75 Å². The number of rotatable bonds is 2. The molecule has 0 aromatic carbocycles. The summed E-state index contributed by atoms with van der Waals surface area (Å²) in [6.45, 7) is 3.91. The van der Waals surface area contributed by atoms with Crippen LogP contribution in [0.5, 0.6) is 5.75 Å². The lowest BCUT2D eigenvalue weighted by Crippen LogP contribution is -2.45. The minimum Gasteiger partial charge on any atom is -0.491 e. The van der Waals surface area contributed by atoms with Gasteiger partial charge in [-0.3, -0.25) is 0 Å². The molecule has 0 amide bonds. The van der Waals surface area contributed by atoms with E-state index in [1.165, 1.54) is 0 Å². The maximum Gasteiger partial charge on any atom is 0.222 e. The van der Waals surface area contributed by atoms with E-state index in [0.717, 1.165) is 32.0 Å².